The predicted molar refractivity (Wildman–Crippen MR) is 143 cm³/mol. The van der Waals surface area contributed by atoms with Crippen LogP contribution in [-0.4, -0.2) is 51.0 Å². The van der Waals surface area contributed by atoms with Crippen LogP contribution < -0.4 is 9.62 Å². The molecule has 3 aromatic carbocycles. The van der Waals surface area contributed by atoms with E-state index in [1.165, 1.54) is 18.0 Å². The van der Waals surface area contributed by atoms with E-state index in [2.05, 4.69) is 5.32 Å². The lowest BCUT2D eigenvalue weighted by Crippen LogP contribution is -2.49. The minimum absolute atomic E-state index is 0.0349. The fraction of sp³-hybridized carbons (Fsp3) is 0.286. The van der Waals surface area contributed by atoms with Crippen LogP contribution in [0.15, 0.2) is 78.9 Å². The molecular weight excluding hydrogens is 512 g/mol. The standard InChI is InChI=1S/C28H31F2N3O4S/c1-31-28(35)26(18-21-10-5-3-6-11-21)32(20-22-12-7-4-8-13-22)27(34)14-9-17-33(38(2,36)37)23-15-16-24(29)25(30)19-23/h3-8,10-13,15-16,19,26H,9,14,17-18,20H2,1-2H3,(H,31,35)/t26-/m1/s1. The fourth-order valence-corrected chi connectivity index (χ4v) is 5.10. The highest BCUT2D eigenvalue weighted by Gasteiger charge is 2.30. The van der Waals surface area contributed by atoms with Gasteiger partial charge in [-0.1, -0.05) is 60.7 Å². The molecule has 10 heteroatoms. The van der Waals surface area contributed by atoms with Crippen molar-refractivity contribution >= 4 is 27.5 Å². The van der Waals surface area contributed by atoms with Gasteiger partial charge in [-0.25, -0.2) is 17.2 Å². The van der Waals surface area contributed by atoms with Gasteiger partial charge in [0.1, 0.15) is 6.04 Å². The van der Waals surface area contributed by atoms with Gasteiger partial charge >= 0.3 is 0 Å². The van der Waals surface area contributed by atoms with Crippen molar-refractivity contribution < 1.29 is 26.8 Å². The quantitative estimate of drug-likeness (QED) is 0.376. The van der Waals surface area contributed by atoms with Gasteiger partial charge in [0.2, 0.25) is 21.8 Å². The lowest BCUT2D eigenvalue weighted by molar-refractivity contribution is -0.141. The summed E-state index contributed by atoms with van der Waals surface area (Å²) in [5.41, 5.74) is 1.68. The van der Waals surface area contributed by atoms with E-state index in [4.69, 9.17) is 0 Å². The number of nitrogens with zero attached hydrogens (tertiary/aromatic N) is 2. The molecule has 1 atom stereocenters. The number of carbonyl (C=O) groups is 2. The van der Waals surface area contributed by atoms with Crippen LogP contribution in [0, 0.1) is 11.6 Å². The summed E-state index contributed by atoms with van der Waals surface area (Å²) in [6.07, 6.45) is 1.29. The van der Waals surface area contributed by atoms with Crippen LogP contribution in [0.5, 0.6) is 0 Å². The van der Waals surface area contributed by atoms with E-state index in [1.807, 2.05) is 60.7 Å². The summed E-state index contributed by atoms with van der Waals surface area (Å²) in [5.74, 6) is -2.92. The molecule has 0 aliphatic rings. The van der Waals surface area contributed by atoms with Crippen molar-refractivity contribution in [3.63, 3.8) is 0 Å². The number of amides is 2. The van der Waals surface area contributed by atoms with E-state index < -0.39 is 27.7 Å². The van der Waals surface area contributed by atoms with Crippen molar-refractivity contribution in [1.29, 1.82) is 0 Å². The zero-order valence-electron chi connectivity index (χ0n) is 21.3. The number of benzene rings is 3. The molecule has 0 aliphatic heterocycles. The van der Waals surface area contributed by atoms with Gasteiger partial charge in [0, 0.05) is 39.0 Å². The molecule has 202 valence electrons. The SMILES string of the molecule is CNC(=O)[C@@H](Cc1ccccc1)N(Cc1ccccc1)C(=O)CCCN(c1ccc(F)c(F)c1)S(C)(=O)=O. The van der Waals surface area contributed by atoms with Crippen molar-refractivity contribution in [2.45, 2.75) is 31.8 Å². The summed E-state index contributed by atoms with van der Waals surface area (Å²) < 4.78 is 52.9. The predicted octanol–water partition coefficient (Wildman–Crippen LogP) is 3.90. The molecule has 3 rings (SSSR count). The first-order chi connectivity index (χ1) is 18.1. The minimum Gasteiger partial charge on any atom is -0.357 e. The van der Waals surface area contributed by atoms with Gasteiger partial charge < -0.3 is 10.2 Å². The smallest absolute Gasteiger partial charge is 0.242 e. The van der Waals surface area contributed by atoms with Crippen LogP contribution in [0.25, 0.3) is 0 Å². The lowest BCUT2D eigenvalue weighted by Gasteiger charge is -2.31. The molecule has 38 heavy (non-hydrogen) atoms. The molecule has 0 spiro atoms. The molecule has 0 fully saturated rings. The largest absolute Gasteiger partial charge is 0.357 e. The molecule has 0 aliphatic carbocycles. The first-order valence-corrected chi connectivity index (χ1v) is 14.0. The van der Waals surface area contributed by atoms with Crippen molar-refractivity contribution in [1.82, 2.24) is 10.2 Å². The summed E-state index contributed by atoms with van der Waals surface area (Å²) in [4.78, 5) is 28.0. The number of likely N-dealkylation sites (N-methyl/N-ethyl adjacent to an activating group) is 1. The molecule has 0 saturated heterocycles. The van der Waals surface area contributed by atoms with Crippen LogP contribution in [0.4, 0.5) is 14.5 Å². The third-order valence-electron chi connectivity index (χ3n) is 6.06. The van der Waals surface area contributed by atoms with Gasteiger partial charge in [-0.05, 0) is 29.7 Å². The highest BCUT2D eigenvalue weighted by atomic mass is 32.2. The number of sulfonamides is 1. The normalized spacial score (nSPS) is 12.0. The Morgan fingerprint density at radius 1 is 0.895 bits per heavy atom. The highest BCUT2D eigenvalue weighted by molar-refractivity contribution is 7.92. The molecule has 0 aromatic heterocycles. The van der Waals surface area contributed by atoms with Crippen molar-refractivity contribution in [3.05, 3.63) is 102 Å². The fourth-order valence-electron chi connectivity index (χ4n) is 4.14. The van der Waals surface area contributed by atoms with Crippen molar-refractivity contribution in [2.24, 2.45) is 0 Å². The molecule has 2 amide bonds. The van der Waals surface area contributed by atoms with E-state index in [0.717, 1.165) is 33.8 Å². The molecule has 0 saturated carbocycles. The van der Waals surface area contributed by atoms with E-state index in [0.29, 0.717) is 6.42 Å². The summed E-state index contributed by atoms with van der Waals surface area (Å²) in [7, 11) is -2.32. The average molecular weight is 544 g/mol. The molecule has 0 bridgehead atoms. The van der Waals surface area contributed by atoms with Gasteiger partial charge in [0.05, 0.1) is 11.9 Å². The first-order valence-electron chi connectivity index (χ1n) is 12.1. The zero-order valence-corrected chi connectivity index (χ0v) is 22.1. The van der Waals surface area contributed by atoms with Gasteiger partial charge in [-0.3, -0.25) is 13.9 Å². The first kappa shape index (κ1) is 28.8. The lowest BCUT2D eigenvalue weighted by atomic mass is 10.0. The monoisotopic (exact) mass is 543 g/mol. The Morgan fingerprint density at radius 2 is 1.50 bits per heavy atom. The van der Waals surface area contributed by atoms with Gasteiger partial charge in [-0.15, -0.1) is 0 Å². The molecule has 1 N–H and O–H groups in total. The number of carbonyl (C=O) groups excluding carboxylic acids is 2. The minimum atomic E-state index is -3.83. The topological polar surface area (TPSA) is 86.8 Å². The number of halogens is 2. The number of hydrogen-bond donors (Lipinski definition) is 1. The Kier molecular flexibility index (Phi) is 9.95. The van der Waals surface area contributed by atoms with Crippen molar-refractivity contribution in [2.75, 3.05) is 24.2 Å². The van der Waals surface area contributed by atoms with E-state index in [-0.39, 0.29) is 43.4 Å². The third-order valence-corrected chi connectivity index (χ3v) is 7.25. The maximum absolute atomic E-state index is 13.8. The summed E-state index contributed by atoms with van der Waals surface area (Å²) in [5, 5.41) is 2.65. The Hall–Kier alpha value is -3.79. The molecular formula is C28H31F2N3O4S. The third kappa shape index (κ3) is 7.85. The molecule has 0 unspecified atom stereocenters. The second-order valence-electron chi connectivity index (χ2n) is 8.86. The van der Waals surface area contributed by atoms with Gasteiger partial charge in [-0.2, -0.15) is 0 Å². The molecule has 0 radical (unpaired) electrons. The van der Waals surface area contributed by atoms with E-state index in [9.17, 15) is 26.8 Å². The summed E-state index contributed by atoms with van der Waals surface area (Å²) in [6, 6.07) is 20.6. The van der Waals surface area contributed by atoms with Crippen LogP contribution in [0.3, 0.4) is 0 Å². The number of hydrogen-bond acceptors (Lipinski definition) is 4. The van der Waals surface area contributed by atoms with Crippen LogP contribution in [0.1, 0.15) is 24.0 Å². The second-order valence-corrected chi connectivity index (χ2v) is 10.8. The van der Waals surface area contributed by atoms with Crippen LogP contribution in [-0.2, 0) is 32.6 Å². The Labute approximate surface area is 222 Å². The molecule has 3 aromatic rings. The van der Waals surface area contributed by atoms with Crippen molar-refractivity contribution in [3.8, 4) is 0 Å². The molecule has 7 nitrogen and oxygen atoms in total. The van der Waals surface area contributed by atoms with E-state index >= 15 is 0 Å². The van der Waals surface area contributed by atoms with Gasteiger partial charge in [0.25, 0.3) is 0 Å². The Morgan fingerprint density at radius 3 is 2.05 bits per heavy atom. The highest BCUT2D eigenvalue weighted by Crippen LogP contribution is 2.22. The number of nitrogens with one attached hydrogen (secondary N) is 1. The maximum atomic E-state index is 13.8. The average Bonchev–Trinajstić information content (AvgIpc) is 2.90. The summed E-state index contributed by atoms with van der Waals surface area (Å²) >= 11 is 0. The number of anilines is 1. The van der Waals surface area contributed by atoms with E-state index in [1.54, 1.807) is 0 Å². The van der Waals surface area contributed by atoms with Crippen LogP contribution in [0.2, 0.25) is 0 Å². The summed E-state index contributed by atoms with van der Waals surface area (Å²) in [6.45, 7) is 0.0572. The van der Waals surface area contributed by atoms with Gasteiger partial charge in [0.15, 0.2) is 11.6 Å². The Balaban J connectivity index is 1.83. The number of rotatable bonds is 12. The zero-order chi connectivity index (χ0) is 27.7. The molecule has 0 heterocycles. The second kappa shape index (κ2) is 13.1. The Bertz CT molecular complexity index is 1340. The van der Waals surface area contributed by atoms with Crippen LogP contribution >= 0.6 is 0 Å². The maximum Gasteiger partial charge on any atom is 0.242 e.